The smallest absolute Gasteiger partial charge is 0.295 e. The van der Waals surface area contributed by atoms with Gasteiger partial charge in [-0.05, 0) is 49.7 Å². The van der Waals surface area contributed by atoms with E-state index in [2.05, 4.69) is 0 Å². The van der Waals surface area contributed by atoms with Crippen LogP contribution in [0.2, 0.25) is 0 Å². The van der Waals surface area contributed by atoms with Crippen LogP contribution in [-0.2, 0) is 9.59 Å². The largest absolute Gasteiger partial charge is 0.507 e. The number of carbonyl (C=O) groups is 2. The number of aliphatic hydroxyl groups is 1. The minimum Gasteiger partial charge on any atom is -0.507 e. The van der Waals surface area contributed by atoms with Crippen LogP contribution in [0.25, 0.3) is 5.76 Å². The molecule has 0 radical (unpaired) electrons. The maximum Gasteiger partial charge on any atom is 0.295 e. The van der Waals surface area contributed by atoms with Gasteiger partial charge in [-0.1, -0.05) is 13.3 Å². The molecule has 0 saturated carbocycles. The number of carbonyl (C=O) groups excluding carboxylic acids is 2. The van der Waals surface area contributed by atoms with Crippen molar-refractivity contribution < 1.29 is 23.8 Å². The third-order valence-electron chi connectivity index (χ3n) is 4.54. The van der Waals surface area contributed by atoms with Crippen LogP contribution in [0.1, 0.15) is 44.1 Å². The first-order chi connectivity index (χ1) is 13.1. The van der Waals surface area contributed by atoms with Crippen LogP contribution in [0.5, 0.6) is 5.75 Å². The van der Waals surface area contributed by atoms with E-state index < -0.39 is 17.7 Å². The minimum atomic E-state index is -0.724. The lowest BCUT2D eigenvalue weighted by molar-refractivity contribution is -0.140. The SMILES string of the molecule is CCCCN1C(=O)C(=O)/C(=C(\O)c2ccc(OCC)cc2)C1c1ccco1. The second kappa shape index (κ2) is 8.12. The standard InChI is InChI=1S/C21H23NO5/c1-3-5-12-22-18(16-7-6-13-27-16)17(20(24)21(22)25)19(23)14-8-10-15(11-9-14)26-4-2/h6-11,13,18,23H,3-5,12H2,1-2H3/b19-17-. The van der Waals surface area contributed by atoms with Gasteiger partial charge in [-0.25, -0.2) is 0 Å². The van der Waals surface area contributed by atoms with E-state index in [1.807, 2.05) is 13.8 Å². The van der Waals surface area contributed by atoms with Crippen LogP contribution in [0, 0.1) is 0 Å². The summed E-state index contributed by atoms with van der Waals surface area (Å²) in [6, 6.07) is 9.45. The Bertz CT molecular complexity index is 836. The molecule has 1 aliphatic heterocycles. The second-order valence-electron chi connectivity index (χ2n) is 6.32. The van der Waals surface area contributed by atoms with Crippen LogP contribution < -0.4 is 4.74 Å². The number of ether oxygens (including phenoxy) is 1. The monoisotopic (exact) mass is 369 g/mol. The molecule has 2 heterocycles. The number of amides is 1. The molecule has 1 aromatic heterocycles. The van der Waals surface area contributed by atoms with Crippen LogP contribution in [0.3, 0.4) is 0 Å². The van der Waals surface area contributed by atoms with Gasteiger partial charge in [0.15, 0.2) is 0 Å². The van der Waals surface area contributed by atoms with E-state index in [1.54, 1.807) is 36.4 Å². The molecule has 1 aromatic carbocycles. The Morgan fingerprint density at radius 2 is 1.93 bits per heavy atom. The molecule has 1 saturated heterocycles. The Hall–Kier alpha value is -3.02. The Balaban J connectivity index is 2.05. The number of aliphatic hydroxyl groups excluding tert-OH is 1. The fourth-order valence-corrected chi connectivity index (χ4v) is 3.21. The second-order valence-corrected chi connectivity index (χ2v) is 6.32. The van der Waals surface area contributed by atoms with E-state index in [9.17, 15) is 14.7 Å². The molecular weight excluding hydrogens is 346 g/mol. The fraction of sp³-hybridized carbons (Fsp3) is 0.333. The zero-order valence-electron chi connectivity index (χ0n) is 15.5. The molecule has 0 aliphatic carbocycles. The third-order valence-corrected chi connectivity index (χ3v) is 4.54. The summed E-state index contributed by atoms with van der Waals surface area (Å²) in [5.74, 6) is -0.397. The molecular formula is C21H23NO5. The van der Waals surface area contributed by atoms with Gasteiger partial charge >= 0.3 is 0 Å². The van der Waals surface area contributed by atoms with Gasteiger partial charge in [0, 0.05) is 12.1 Å². The lowest BCUT2D eigenvalue weighted by atomic mass is 9.99. The normalized spacial score (nSPS) is 18.9. The van der Waals surface area contributed by atoms with E-state index in [4.69, 9.17) is 9.15 Å². The number of furan rings is 1. The Kier molecular flexibility index (Phi) is 5.64. The summed E-state index contributed by atoms with van der Waals surface area (Å²) in [4.78, 5) is 26.7. The van der Waals surface area contributed by atoms with Gasteiger partial charge < -0.3 is 19.2 Å². The maximum absolute atomic E-state index is 12.7. The summed E-state index contributed by atoms with van der Waals surface area (Å²) < 4.78 is 10.9. The van der Waals surface area contributed by atoms with E-state index in [0.717, 1.165) is 12.8 Å². The predicted octanol–water partition coefficient (Wildman–Crippen LogP) is 3.90. The van der Waals surface area contributed by atoms with Crippen LogP contribution in [0.4, 0.5) is 0 Å². The number of hydrogen-bond acceptors (Lipinski definition) is 5. The minimum absolute atomic E-state index is 0.0511. The van der Waals surface area contributed by atoms with Gasteiger partial charge in [-0.3, -0.25) is 9.59 Å². The van der Waals surface area contributed by atoms with Gasteiger partial charge in [0.2, 0.25) is 0 Å². The zero-order valence-corrected chi connectivity index (χ0v) is 15.5. The molecule has 0 bridgehead atoms. The highest BCUT2D eigenvalue weighted by atomic mass is 16.5. The average molecular weight is 369 g/mol. The Labute approximate surface area is 158 Å². The van der Waals surface area contributed by atoms with Crippen molar-refractivity contribution in [2.24, 2.45) is 0 Å². The summed E-state index contributed by atoms with van der Waals surface area (Å²) in [5, 5.41) is 10.8. The van der Waals surface area contributed by atoms with Crippen molar-refractivity contribution in [3.05, 3.63) is 59.6 Å². The summed E-state index contributed by atoms with van der Waals surface area (Å²) in [5.41, 5.74) is 0.499. The number of hydrogen-bond donors (Lipinski definition) is 1. The fourth-order valence-electron chi connectivity index (χ4n) is 3.21. The molecule has 1 fully saturated rings. The number of ketones is 1. The molecule has 6 nitrogen and oxygen atoms in total. The maximum atomic E-state index is 12.7. The molecule has 3 rings (SSSR count). The molecule has 1 N–H and O–H groups in total. The summed E-state index contributed by atoms with van der Waals surface area (Å²) in [6.07, 6.45) is 3.13. The van der Waals surface area contributed by atoms with Crippen molar-refractivity contribution in [1.29, 1.82) is 0 Å². The van der Waals surface area contributed by atoms with Gasteiger partial charge in [-0.2, -0.15) is 0 Å². The Morgan fingerprint density at radius 3 is 2.52 bits per heavy atom. The molecule has 1 amide bonds. The topological polar surface area (TPSA) is 80.0 Å². The molecule has 1 unspecified atom stereocenters. The highest BCUT2D eigenvalue weighted by Crippen LogP contribution is 2.39. The van der Waals surface area contributed by atoms with Crippen LogP contribution in [0.15, 0.2) is 52.7 Å². The lowest BCUT2D eigenvalue weighted by Crippen LogP contribution is -2.30. The van der Waals surface area contributed by atoms with Crippen molar-refractivity contribution >= 4 is 17.4 Å². The van der Waals surface area contributed by atoms with Crippen molar-refractivity contribution in [3.63, 3.8) is 0 Å². The van der Waals surface area contributed by atoms with E-state index >= 15 is 0 Å². The van der Waals surface area contributed by atoms with E-state index in [1.165, 1.54) is 11.2 Å². The highest BCUT2D eigenvalue weighted by Gasteiger charge is 2.47. The van der Waals surface area contributed by atoms with E-state index in [-0.39, 0.29) is 11.3 Å². The van der Waals surface area contributed by atoms with Crippen molar-refractivity contribution in [3.8, 4) is 5.75 Å². The zero-order chi connectivity index (χ0) is 19.4. The molecule has 0 spiro atoms. The summed E-state index contributed by atoms with van der Waals surface area (Å²) in [6.45, 7) is 4.85. The summed E-state index contributed by atoms with van der Waals surface area (Å²) >= 11 is 0. The predicted molar refractivity (Wildman–Crippen MR) is 100 cm³/mol. The average Bonchev–Trinajstić information content (AvgIpc) is 3.28. The molecule has 27 heavy (non-hydrogen) atoms. The molecule has 1 aliphatic rings. The molecule has 1 atom stereocenters. The first-order valence-electron chi connectivity index (χ1n) is 9.13. The summed E-state index contributed by atoms with van der Waals surface area (Å²) in [7, 11) is 0. The van der Waals surface area contributed by atoms with E-state index in [0.29, 0.717) is 30.2 Å². The molecule has 2 aromatic rings. The number of Topliss-reactive ketones (excluding diaryl/α,β-unsaturated/α-hetero) is 1. The van der Waals surface area contributed by atoms with Crippen molar-refractivity contribution in [2.75, 3.05) is 13.2 Å². The number of nitrogens with zero attached hydrogens (tertiary/aromatic N) is 1. The van der Waals surface area contributed by atoms with Gasteiger partial charge in [0.1, 0.15) is 23.3 Å². The molecule has 142 valence electrons. The number of unbranched alkanes of at least 4 members (excludes halogenated alkanes) is 1. The van der Waals surface area contributed by atoms with Gasteiger partial charge in [0.05, 0.1) is 18.4 Å². The van der Waals surface area contributed by atoms with Crippen LogP contribution in [-0.4, -0.2) is 34.8 Å². The number of rotatable bonds is 7. The Morgan fingerprint density at radius 1 is 1.19 bits per heavy atom. The third kappa shape index (κ3) is 3.60. The van der Waals surface area contributed by atoms with Crippen LogP contribution >= 0.6 is 0 Å². The van der Waals surface area contributed by atoms with Crippen molar-refractivity contribution in [2.45, 2.75) is 32.7 Å². The molecule has 6 heteroatoms. The highest BCUT2D eigenvalue weighted by molar-refractivity contribution is 6.46. The first kappa shape index (κ1) is 18.8. The number of benzene rings is 1. The van der Waals surface area contributed by atoms with Gasteiger partial charge in [-0.15, -0.1) is 0 Å². The first-order valence-corrected chi connectivity index (χ1v) is 9.13. The van der Waals surface area contributed by atoms with Crippen molar-refractivity contribution in [1.82, 2.24) is 4.90 Å². The quantitative estimate of drug-likeness (QED) is 0.455. The van der Waals surface area contributed by atoms with Gasteiger partial charge in [0.25, 0.3) is 11.7 Å². The lowest BCUT2D eigenvalue weighted by Gasteiger charge is -2.23. The number of likely N-dealkylation sites (tertiary alicyclic amines) is 1.